The number of nitrogens with zero attached hydrogens (tertiary/aromatic N) is 1. The van der Waals surface area contributed by atoms with E-state index in [9.17, 15) is 18.0 Å². The van der Waals surface area contributed by atoms with E-state index in [0.29, 0.717) is 0 Å². The van der Waals surface area contributed by atoms with Crippen LogP contribution in [-0.2, 0) is 6.18 Å². The number of hydrogen-bond acceptors (Lipinski definition) is 2. The molecular formula is C20H15F3N2O. The maximum atomic E-state index is 12.7. The van der Waals surface area contributed by atoms with Gasteiger partial charge in [-0.05, 0) is 35.8 Å². The molecule has 26 heavy (non-hydrogen) atoms. The van der Waals surface area contributed by atoms with Crippen molar-refractivity contribution in [1.82, 2.24) is 9.97 Å². The third kappa shape index (κ3) is 4.27. The second-order valence-corrected chi connectivity index (χ2v) is 5.84. The van der Waals surface area contributed by atoms with Crippen LogP contribution in [0.5, 0.6) is 0 Å². The molecule has 132 valence electrons. The number of alkyl halides is 3. The van der Waals surface area contributed by atoms with E-state index in [1.54, 1.807) is 11.1 Å². The number of aromatic amines is 1. The third-order valence-corrected chi connectivity index (χ3v) is 3.81. The summed E-state index contributed by atoms with van der Waals surface area (Å²) in [6.07, 6.45) is -1.63. The first kappa shape index (κ1) is 17.7. The van der Waals surface area contributed by atoms with Gasteiger partial charge in [-0.15, -0.1) is 0 Å². The Morgan fingerprint density at radius 2 is 1.50 bits per heavy atom. The number of aryl methyl sites for hydroxylation is 1. The monoisotopic (exact) mass is 356 g/mol. The molecule has 0 aliphatic rings. The first-order chi connectivity index (χ1) is 12.3. The maximum absolute atomic E-state index is 12.7. The average molecular weight is 356 g/mol. The van der Waals surface area contributed by atoms with Crippen molar-refractivity contribution >= 4 is 12.2 Å². The van der Waals surface area contributed by atoms with E-state index in [1.807, 2.05) is 55.5 Å². The molecule has 0 spiro atoms. The SMILES string of the molecule is Cc1ccc(-c2ccc(/C=C/c3cc(C(F)(F)F)[nH]c(=O)n3)cc2)cc1. The van der Waals surface area contributed by atoms with Crippen LogP contribution < -0.4 is 5.69 Å². The van der Waals surface area contributed by atoms with Gasteiger partial charge in [0.15, 0.2) is 0 Å². The molecule has 0 saturated heterocycles. The average Bonchev–Trinajstić information content (AvgIpc) is 2.60. The van der Waals surface area contributed by atoms with Crippen molar-refractivity contribution in [2.75, 3.05) is 0 Å². The summed E-state index contributed by atoms with van der Waals surface area (Å²) >= 11 is 0. The van der Waals surface area contributed by atoms with Gasteiger partial charge in [-0.2, -0.15) is 18.2 Å². The van der Waals surface area contributed by atoms with Crippen LogP contribution in [0.1, 0.15) is 22.5 Å². The van der Waals surface area contributed by atoms with Crippen molar-refractivity contribution in [1.29, 1.82) is 0 Å². The molecule has 6 heteroatoms. The second kappa shape index (κ2) is 7.00. The van der Waals surface area contributed by atoms with Crippen molar-refractivity contribution in [3.05, 3.63) is 87.6 Å². The Bertz CT molecular complexity index is 985. The Labute approximate surface area is 147 Å². The van der Waals surface area contributed by atoms with Gasteiger partial charge in [0.2, 0.25) is 0 Å². The summed E-state index contributed by atoms with van der Waals surface area (Å²) in [5.74, 6) is 0. The van der Waals surface area contributed by atoms with Gasteiger partial charge in [0.05, 0.1) is 5.69 Å². The normalized spacial score (nSPS) is 11.8. The highest BCUT2D eigenvalue weighted by atomic mass is 19.4. The van der Waals surface area contributed by atoms with Crippen LogP contribution in [-0.4, -0.2) is 9.97 Å². The lowest BCUT2D eigenvalue weighted by atomic mass is 10.0. The molecule has 3 aromatic rings. The van der Waals surface area contributed by atoms with Crippen LogP contribution in [0.2, 0.25) is 0 Å². The number of H-pyrrole nitrogens is 1. The minimum atomic E-state index is -4.62. The molecule has 0 bridgehead atoms. The molecule has 1 aromatic heterocycles. The Morgan fingerprint density at radius 1 is 0.923 bits per heavy atom. The minimum absolute atomic E-state index is 0.0521. The van der Waals surface area contributed by atoms with Gasteiger partial charge < -0.3 is 4.98 Å². The smallest absolute Gasteiger partial charge is 0.302 e. The molecule has 1 heterocycles. The summed E-state index contributed by atoms with van der Waals surface area (Å²) in [6, 6.07) is 16.5. The quantitative estimate of drug-likeness (QED) is 0.723. The lowest BCUT2D eigenvalue weighted by Crippen LogP contribution is -2.19. The first-order valence-corrected chi connectivity index (χ1v) is 7.85. The summed E-state index contributed by atoms with van der Waals surface area (Å²) in [5.41, 5.74) is 1.88. The summed E-state index contributed by atoms with van der Waals surface area (Å²) in [5, 5.41) is 0. The van der Waals surface area contributed by atoms with Crippen molar-refractivity contribution in [2.24, 2.45) is 0 Å². The van der Waals surface area contributed by atoms with E-state index in [2.05, 4.69) is 4.98 Å². The summed E-state index contributed by atoms with van der Waals surface area (Å²) < 4.78 is 38.2. The van der Waals surface area contributed by atoms with Crippen molar-refractivity contribution in [2.45, 2.75) is 13.1 Å². The fourth-order valence-corrected chi connectivity index (χ4v) is 2.43. The second-order valence-electron chi connectivity index (χ2n) is 5.84. The summed E-state index contributed by atoms with van der Waals surface area (Å²) in [6.45, 7) is 2.02. The van der Waals surface area contributed by atoms with E-state index in [4.69, 9.17) is 0 Å². The molecule has 0 unspecified atom stereocenters. The third-order valence-electron chi connectivity index (χ3n) is 3.81. The highest BCUT2D eigenvalue weighted by molar-refractivity contribution is 5.71. The molecule has 0 saturated carbocycles. The molecule has 3 nitrogen and oxygen atoms in total. The summed E-state index contributed by atoms with van der Waals surface area (Å²) in [7, 11) is 0. The van der Waals surface area contributed by atoms with E-state index < -0.39 is 17.6 Å². The number of nitrogens with one attached hydrogen (secondary N) is 1. The van der Waals surface area contributed by atoms with E-state index in [0.717, 1.165) is 22.8 Å². The van der Waals surface area contributed by atoms with E-state index >= 15 is 0 Å². The fourth-order valence-electron chi connectivity index (χ4n) is 2.43. The molecule has 0 atom stereocenters. The van der Waals surface area contributed by atoms with Gasteiger partial charge in [-0.3, -0.25) is 0 Å². The number of aromatic nitrogens is 2. The van der Waals surface area contributed by atoms with Gasteiger partial charge in [0.1, 0.15) is 5.69 Å². The largest absolute Gasteiger partial charge is 0.431 e. The number of halogens is 3. The fraction of sp³-hybridized carbons (Fsp3) is 0.100. The zero-order valence-electron chi connectivity index (χ0n) is 13.8. The highest BCUT2D eigenvalue weighted by Gasteiger charge is 2.32. The van der Waals surface area contributed by atoms with Gasteiger partial charge in [0.25, 0.3) is 0 Å². The molecule has 0 amide bonds. The van der Waals surface area contributed by atoms with Gasteiger partial charge in [0, 0.05) is 0 Å². The van der Waals surface area contributed by atoms with Crippen LogP contribution in [0, 0.1) is 6.92 Å². The zero-order chi connectivity index (χ0) is 18.7. The Hall–Kier alpha value is -3.15. The number of hydrogen-bond donors (Lipinski definition) is 1. The Kier molecular flexibility index (Phi) is 4.75. The lowest BCUT2D eigenvalue weighted by Gasteiger charge is -2.06. The highest BCUT2D eigenvalue weighted by Crippen LogP contribution is 2.27. The molecule has 2 aromatic carbocycles. The molecule has 0 radical (unpaired) electrons. The first-order valence-electron chi connectivity index (χ1n) is 7.85. The predicted octanol–water partition coefficient (Wildman–Crippen LogP) is 4.93. The number of rotatable bonds is 3. The predicted molar refractivity (Wildman–Crippen MR) is 95.4 cm³/mol. The van der Waals surface area contributed by atoms with Crippen LogP contribution in [0.4, 0.5) is 13.2 Å². The molecule has 0 aliphatic carbocycles. The topological polar surface area (TPSA) is 45.8 Å². The van der Waals surface area contributed by atoms with Crippen molar-refractivity contribution in [3.8, 4) is 11.1 Å². The van der Waals surface area contributed by atoms with Gasteiger partial charge >= 0.3 is 11.9 Å². The maximum Gasteiger partial charge on any atom is 0.431 e. The van der Waals surface area contributed by atoms with Crippen LogP contribution in [0.25, 0.3) is 23.3 Å². The molecule has 0 fully saturated rings. The van der Waals surface area contributed by atoms with Crippen molar-refractivity contribution in [3.63, 3.8) is 0 Å². The molecule has 1 N–H and O–H groups in total. The van der Waals surface area contributed by atoms with E-state index in [-0.39, 0.29) is 5.69 Å². The van der Waals surface area contributed by atoms with Crippen LogP contribution in [0.15, 0.2) is 59.4 Å². The molecule has 0 aliphatic heterocycles. The van der Waals surface area contributed by atoms with E-state index in [1.165, 1.54) is 11.6 Å². The summed E-state index contributed by atoms with van der Waals surface area (Å²) in [4.78, 5) is 16.5. The van der Waals surface area contributed by atoms with Gasteiger partial charge in [-0.25, -0.2) is 4.79 Å². The Balaban J connectivity index is 1.82. The zero-order valence-corrected chi connectivity index (χ0v) is 13.8. The molecule has 3 rings (SSSR count). The molecular weight excluding hydrogens is 341 g/mol. The minimum Gasteiger partial charge on any atom is -0.302 e. The Morgan fingerprint density at radius 3 is 2.08 bits per heavy atom. The van der Waals surface area contributed by atoms with Crippen LogP contribution in [0.3, 0.4) is 0 Å². The van der Waals surface area contributed by atoms with Gasteiger partial charge in [-0.1, -0.05) is 60.2 Å². The lowest BCUT2D eigenvalue weighted by molar-refractivity contribution is -0.141. The van der Waals surface area contributed by atoms with Crippen LogP contribution >= 0.6 is 0 Å². The standard InChI is InChI=1S/C20H15F3N2O/c1-13-2-7-15(8-3-13)16-9-4-14(5-10-16)6-11-17-12-18(20(21,22)23)25-19(26)24-17/h2-12H,1H3,(H,24,25,26)/b11-6+. The number of benzene rings is 2. The van der Waals surface area contributed by atoms with Crippen molar-refractivity contribution < 1.29 is 13.2 Å².